The van der Waals surface area contributed by atoms with E-state index in [1.54, 1.807) is 0 Å². The zero-order valence-electron chi connectivity index (χ0n) is 21.7. The van der Waals surface area contributed by atoms with E-state index >= 15 is 0 Å². The zero-order valence-corrected chi connectivity index (χ0v) is 21.7. The minimum atomic E-state index is 0.395. The number of aromatic nitrogens is 2. The molecule has 3 aromatic carbocycles. The van der Waals surface area contributed by atoms with Crippen LogP contribution in [0.5, 0.6) is 0 Å². The van der Waals surface area contributed by atoms with Gasteiger partial charge in [0.15, 0.2) is 0 Å². The molecule has 0 atom stereocenters. The maximum absolute atomic E-state index is 2.44. The predicted molar refractivity (Wildman–Crippen MR) is 148 cm³/mol. The Morgan fingerprint density at radius 2 is 1.31 bits per heavy atom. The van der Waals surface area contributed by atoms with Crippen molar-refractivity contribution >= 4 is 10.9 Å². The number of hydrogen-bond acceptors (Lipinski definition) is 0. The van der Waals surface area contributed by atoms with Crippen LogP contribution in [0.1, 0.15) is 56.2 Å². The van der Waals surface area contributed by atoms with Crippen molar-refractivity contribution in [3.63, 3.8) is 0 Å². The maximum Gasteiger partial charge on any atom is 0.230 e. The van der Waals surface area contributed by atoms with Crippen LogP contribution < -0.4 is 4.57 Å². The second-order valence-corrected chi connectivity index (χ2v) is 10.2. The van der Waals surface area contributed by atoms with Gasteiger partial charge >= 0.3 is 0 Å². The molecular formula is C33H35N2+. The first kappa shape index (κ1) is 23.1. The highest BCUT2D eigenvalue weighted by atomic mass is 15.0. The van der Waals surface area contributed by atoms with E-state index in [0.717, 1.165) is 0 Å². The summed E-state index contributed by atoms with van der Waals surface area (Å²) in [6.45, 7) is 11.5. The molecule has 176 valence electrons. The normalized spacial score (nSPS) is 11.7. The molecule has 0 bridgehead atoms. The Bertz CT molecular complexity index is 1470. The number of aryl methyl sites for hydroxylation is 2. The number of benzene rings is 3. The van der Waals surface area contributed by atoms with Crippen molar-refractivity contribution in [2.75, 3.05) is 0 Å². The average Bonchev–Trinajstić information content (AvgIpc) is 3.24. The Labute approximate surface area is 209 Å². The van der Waals surface area contributed by atoms with Gasteiger partial charge in [-0.15, -0.1) is 0 Å². The third-order valence-corrected chi connectivity index (χ3v) is 7.17. The van der Waals surface area contributed by atoms with Crippen LogP contribution in [0.25, 0.3) is 39.1 Å². The Balaban J connectivity index is 1.80. The fourth-order valence-corrected chi connectivity index (χ4v) is 5.26. The van der Waals surface area contributed by atoms with E-state index in [1.165, 1.54) is 55.8 Å². The minimum absolute atomic E-state index is 0.395. The molecule has 2 heteroatoms. The minimum Gasteiger partial charge on any atom is -0.311 e. The smallest absolute Gasteiger partial charge is 0.230 e. The summed E-state index contributed by atoms with van der Waals surface area (Å²) in [4.78, 5) is 0. The molecule has 0 radical (unpaired) electrons. The average molecular weight is 460 g/mol. The largest absolute Gasteiger partial charge is 0.311 e. The van der Waals surface area contributed by atoms with Gasteiger partial charge in [-0.3, -0.25) is 0 Å². The second kappa shape index (κ2) is 9.19. The fourth-order valence-electron chi connectivity index (χ4n) is 5.26. The van der Waals surface area contributed by atoms with Gasteiger partial charge in [-0.25, -0.2) is 0 Å². The number of pyridine rings is 1. The van der Waals surface area contributed by atoms with Crippen molar-refractivity contribution in [2.24, 2.45) is 7.05 Å². The number of rotatable bonds is 5. The topological polar surface area (TPSA) is 8.81 Å². The van der Waals surface area contributed by atoms with Crippen LogP contribution in [0.4, 0.5) is 0 Å². The molecule has 0 fully saturated rings. The monoisotopic (exact) mass is 459 g/mol. The van der Waals surface area contributed by atoms with Gasteiger partial charge in [-0.2, -0.15) is 4.57 Å². The Morgan fingerprint density at radius 3 is 1.97 bits per heavy atom. The van der Waals surface area contributed by atoms with E-state index in [9.17, 15) is 0 Å². The molecule has 0 amide bonds. The molecule has 2 nitrogen and oxygen atoms in total. The molecule has 0 N–H and O–H groups in total. The quantitative estimate of drug-likeness (QED) is 0.234. The molecule has 0 saturated carbocycles. The molecule has 0 unspecified atom stereocenters. The lowest BCUT2D eigenvalue weighted by Gasteiger charge is -2.24. The molecule has 0 aliphatic rings. The summed E-state index contributed by atoms with van der Waals surface area (Å²) >= 11 is 0. The predicted octanol–water partition coefficient (Wildman–Crippen LogP) is 8.34. The highest BCUT2D eigenvalue weighted by Crippen LogP contribution is 2.38. The zero-order chi connectivity index (χ0) is 24.7. The highest BCUT2D eigenvalue weighted by Gasteiger charge is 2.25. The molecular weight excluding hydrogens is 424 g/mol. The van der Waals surface area contributed by atoms with E-state index in [-0.39, 0.29) is 0 Å². The summed E-state index contributed by atoms with van der Waals surface area (Å²) in [5.41, 5.74) is 11.7. The van der Waals surface area contributed by atoms with E-state index < -0.39 is 0 Å². The first-order valence-electron chi connectivity index (χ1n) is 12.7. The van der Waals surface area contributed by atoms with Crippen LogP contribution in [0, 0.1) is 6.92 Å². The number of hydrogen-bond donors (Lipinski definition) is 0. The van der Waals surface area contributed by atoms with Crippen molar-refractivity contribution in [3.05, 3.63) is 108 Å². The van der Waals surface area contributed by atoms with Gasteiger partial charge in [0.25, 0.3) is 0 Å². The summed E-state index contributed by atoms with van der Waals surface area (Å²) < 4.78 is 4.77. The molecule has 0 aliphatic carbocycles. The third-order valence-electron chi connectivity index (χ3n) is 7.17. The third kappa shape index (κ3) is 4.08. The SMILES string of the molecule is Cc1ccn(-c2c(C(C)C)cc(-c3ccccc3)cc2C(C)C)c1-c1ccc2ccccc2[n+]1C. The molecule has 0 spiro atoms. The van der Waals surface area contributed by atoms with E-state index in [2.05, 4.69) is 142 Å². The van der Waals surface area contributed by atoms with E-state index in [1.807, 2.05) is 0 Å². The van der Waals surface area contributed by atoms with Crippen LogP contribution in [-0.2, 0) is 7.05 Å². The van der Waals surface area contributed by atoms with Crippen molar-refractivity contribution in [1.29, 1.82) is 0 Å². The molecule has 5 rings (SSSR count). The summed E-state index contributed by atoms with van der Waals surface area (Å²) in [5, 5.41) is 1.26. The van der Waals surface area contributed by atoms with Gasteiger partial charge in [-0.05, 0) is 76.9 Å². The first-order valence-corrected chi connectivity index (χ1v) is 12.7. The van der Waals surface area contributed by atoms with E-state index in [0.29, 0.717) is 11.8 Å². The van der Waals surface area contributed by atoms with Gasteiger partial charge in [0.2, 0.25) is 11.2 Å². The van der Waals surface area contributed by atoms with Crippen LogP contribution in [0.3, 0.4) is 0 Å². The molecule has 2 aromatic heterocycles. The Morgan fingerprint density at radius 1 is 0.686 bits per heavy atom. The van der Waals surface area contributed by atoms with Gasteiger partial charge in [0.1, 0.15) is 12.7 Å². The number of fused-ring (bicyclic) bond motifs is 1. The van der Waals surface area contributed by atoms with Gasteiger partial charge in [-0.1, -0.05) is 70.2 Å². The number of nitrogens with zero attached hydrogens (tertiary/aromatic N) is 2. The first-order chi connectivity index (χ1) is 16.9. The summed E-state index contributed by atoms with van der Waals surface area (Å²) in [6.07, 6.45) is 2.26. The van der Waals surface area contributed by atoms with Crippen LogP contribution >= 0.6 is 0 Å². The van der Waals surface area contributed by atoms with Crippen molar-refractivity contribution in [2.45, 2.75) is 46.5 Å². The lowest BCUT2D eigenvalue weighted by molar-refractivity contribution is -0.633. The highest BCUT2D eigenvalue weighted by molar-refractivity contribution is 5.78. The summed E-state index contributed by atoms with van der Waals surface area (Å²) in [6, 6.07) is 30.9. The standard InChI is InChI=1S/C33H35N2/c1-22(2)28-20-27(25-12-8-7-9-13-25)21-29(23(3)4)33(28)35-19-18-24(5)32(35)31-17-16-26-14-10-11-15-30(26)34(31)6/h7-23H,1-6H3/q+1. The number of para-hydroxylation sites is 1. The fraction of sp³-hybridized carbons (Fsp3) is 0.242. The van der Waals surface area contributed by atoms with Crippen molar-refractivity contribution in [3.8, 4) is 28.2 Å². The van der Waals surface area contributed by atoms with Crippen LogP contribution in [0.2, 0.25) is 0 Å². The lowest BCUT2D eigenvalue weighted by Crippen LogP contribution is -2.32. The van der Waals surface area contributed by atoms with E-state index in [4.69, 9.17) is 0 Å². The molecule has 5 aromatic rings. The summed E-state index contributed by atoms with van der Waals surface area (Å²) in [7, 11) is 2.18. The maximum atomic E-state index is 2.44. The molecule has 0 aliphatic heterocycles. The Kier molecular flexibility index (Phi) is 6.06. The van der Waals surface area contributed by atoms with Crippen LogP contribution in [-0.4, -0.2) is 4.57 Å². The molecule has 0 saturated heterocycles. The van der Waals surface area contributed by atoms with Gasteiger partial charge in [0, 0.05) is 23.7 Å². The molecule has 2 heterocycles. The molecule has 35 heavy (non-hydrogen) atoms. The van der Waals surface area contributed by atoms with Gasteiger partial charge < -0.3 is 4.57 Å². The Hall–Kier alpha value is -3.65. The van der Waals surface area contributed by atoms with Gasteiger partial charge in [0.05, 0.1) is 5.69 Å². The van der Waals surface area contributed by atoms with Crippen molar-refractivity contribution < 1.29 is 4.57 Å². The van der Waals surface area contributed by atoms with Crippen molar-refractivity contribution in [1.82, 2.24) is 4.57 Å². The second-order valence-electron chi connectivity index (χ2n) is 10.2. The lowest BCUT2D eigenvalue weighted by atomic mass is 9.88. The summed E-state index contributed by atoms with van der Waals surface area (Å²) in [5.74, 6) is 0.791. The van der Waals surface area contributed by atoms with Crippen LogP contribution in [0.15, 0.2) is 91.1 Å².